The molecule has 37 heavy (non-hydrogen) atoms. The minimum atomic E-state index is -4.40. The van der Waals surface area contributed by atoms with Crippen molar-refractivity contribution in [2.24, 2.45) is 5.92 Å². The fourth-order valence-electron chi connectivity index (χ4n) is 3.86. The summed E-state index contributed by atoms with van der Waals surface area (Å²) >= 11 is 0. The minimum absolute atomic E-state index is 0.0164. The van der Waals surface area contributed by atoms with Crippen molar-refractivity contribution in [2.75, 3.05) is 26.2 Å². The number of amides is 1. The van der Waals surface area contributed by atoms with E-state index in [9.17, 15) is 34.8 Å². The van der Waals surface area contributed by atoms with Crippen LogP contribution < -0.4 is 10.0 Å². The van der Waals surface area contributed by atoms with Gasteiger partial charge >= 0.3 is 6.18 Å². The number of nitrogens with one attached hydrogen (secondary N) is 2. The quantitative estimate of drug-likeness (QED) is 0.440. The molecule has 0 aromatic heterocycles. The maximum atomic E-state index is 13.0. The third kappa shape index (κ3) is 8.12. The Morgan fingerprint density at radius 1 is 1.03 bits per heavy atom. The van der Waals surface area contributed by atoms with Crippen molar-refractivity contribution in [1.29, 1.82) is 0 Å². The molecule has 2 aromatic rings. The van der Waals surface area contributed by atoms with E-state index < -0.39 is 31.8 Å². The average molecular weight is 560 g/mol. The van der Waals surface area contributed by atoms with Gasteiger partial charge in [-0.25, -0.2) is 21.6 Å². The van der Waals surface area contributed by atoms with E-state index in [-0.39, 0.29) is 49.3 Å². The summed E-state index contributed by atoms with van der Waals surface area (Å²) < 4.78 is 90.5. The number of hydrogen-bond donors (Lipinski definition) is 2. The van der Waals surface area contributed by atoms with Gasteiger partial charge in [0.05, 0.1) is 16.9 Å². The first-order valence-electron chi connectivity index (χ1n) is 11.4. The number of halogens is 3. The molecular formula is C24H28F3N3O5S2. The standard InChI is InChI=1S/C24H28F3N3O5S2/c1-2-36(32,33)29-16-20-12-14-30(17-20)37(34,35)22-9-5-19(6-10-22)15-23(31)28-13-11-18-3-7-21(8-4-18)24(25,26)27/h2-10,20,29H,1,11-17H2,(H,28,31)/t20-/m1/s1. The van der Waals surface area contributed by atoms with Crippen molar-refractivity contribution in [3.05, 3.63) is 77.2 Å². The summed E-state index contributed by atoms with van der Waals surface area (Å²) in [7, 11) is -7.35. The van der Waals surface area contributed by atoms with Gasteiger partial charge in [0.25, 0.3) is 0 Å². The van der Waals surface area contributed by atoms with E-state index in [1.54, 1.807) is 12.1 Å². The van der Waals surface area contributed by atoms with E-state index in [4.69, 9.17) is 0 Å². The number of carbonyl (C=O) groups is 1. The summed E-state index contributed by atoms with van der Waals surface area (Å²) in [5, 5.41) is 3.51. The fraction of sp³-hybridized carbons (Fsp3) is 0.375. The smallest absolute Gasteiger partial charge is 0.355 e. The molecular weight excluding hydrogens is 531 g/mol. The molecule has 1 atom stereocenters. The number of hydrogen-bond acceptors (Lipinski definition) is 5. The second-order valence-corrected chi connectivity index (χ2v) is 12.3. The van der Waals surface area contributed by atoms with Gasteiger partial charge in [-0.1, -0.05) is 30.8 Å². The van der Waals surface area contributed by atoms with Gasteiger partial charge < -0.3 is 5.32 Å². The van der Waals surface area contributed by atoms with Gasteiger partial charge in [0.2, 0.25) is 26.0 Å². The monoisotopic (exact) mass is 559 g/mol. The van der Waals surface area contributed by atoms with E-state index in [2.05, 4.69) is 16.6 Å². The van der Waals surface area contributed by atoms with Crippen LogP contribution in [0.1, 0.15) is 23.1 Å². The second-order valence-electron chi connectivity index (χ2n) is 8.69. The van der Waals surface area contributed by atoms with Crippen molar-refractivity contribution >= 4 is 26.0 Å². The Morgan fingerprint density at radius 3 is 2.24 bits per heavy atom. The lowest BCUT2D eigenvalue weighted by Gasteiger charge is -2.17. The van der Waals surface area contributed by atoms with Gasteiger partial charge in [0.1, 0.15) is 0 Å². The summed E-state index contributed by atoms with van der Waals surface area (Å²) in [5.41, 5.74) is 0.528. The number of rotatable bonds is 11. The van der Waals surface area contributed by atoms with Crippen LogP contribution in [-0.4, -0.2) is 53.2 Å². The molecule has 1 heterocycles. The Labute approximate surface area is 214 Å². The lowest BCUT2D eigenvalue weighted by molar-refractivity contribution is -0.137. The lowest BCUT2D eigenvalue weighted by atomic mass is 10.1. The minimum Gasteiger partial charge on any atom is -0.355 e. The predicted molar refractivity (Wildman–Crippen MR) is 132 cm³/mol. The SMILES string of the molecule is C=CS(=O)(=O)NC[C@H]1CCN(S(=O)(=O)c2ccc(CC(=O)NCCc3ccc(C(F)(F)F)cc3)cc2)C1. The largest absolute Gasteiger partial charge is 0.416 e. The van der Waals surface area contributed by atoms with Crippen LogP contribution in [0.3, 0.4) is 0 Å². The Morgan fingerprint density at radius 2 is 1.65 bits per heavy atom. The molecule has 0 aliphatic carbocycles. The second kappa shape index (κ2) is 11.8. The van der Waals surface area contributed by atoms with E-state index in [0.717, 1.165) is 17.5 Å². The zero-order valence-electron chi connectivity index (χ0n) is 19.9. The Kier molecular flexibility index (Phi) is 9.16. The van der Waals surface area contributed by atoms with Gasteiger partial charge in [-0.15, -0.1) is 0 Å². The molecule has 0 unspecified atom stereocenters. The van der Waals surface area contributed by atoms with Gasteiger partial charge in [-0.3, -0.25) is 4.79 Å². The molecule has 13 heteroatoms. The van der Waals surface area contributed by atoms with Gasteiger partial charge in [-0.2, -0.15) is 17.5 Å². The first-order chi connectivity index (χ1) is 17.3. The molecule has 202 valence electrons. The molecule has 1 saturated heterocycles. The van der Waals surface area contributed by atoms with Crippen LogP contribution in [0.2, 0.25) is 0 Å². The highest BCUT2D eigenvalue weighted by atomic mass is 32.2. The maximum Gasteiger partial charge on any atom is 0.416 e. The van der Waals surface area contributed by atoms with E-state index in [0.29, 0.717) is 24.0 Å². The molecule has 8 nitrogen and oxygen atoms in total. The molecule has 1 aliphatic heterocycles. The molecule has 0 bridgehead atoms. The molecule has 3 rings (SSSR count). The lowest BCUT2D eigenvalue weighted by Crippen LogP contribution is -2.32. The third-order valence-electron chi connectivity index (χ3n) is 5.98. The first-order valence-corrected chi connectivity index (χ1v) is 14.4. The highest BCUT2D eigenvalue weighted by Crippen LogP contribution is 2.29. The summed E-state index contributed by atoms with van der Waals surface area (Å²) in [6, 6.07) is 10.7. The number of nitrogens with zero attached hydrogens (tertiary/aromatic N) is 1. The molecule has 1 fully saturated rings. The number of sulfonamides is 2. The highest BCUT2D eigenvalue weighted by molar-refractivity contribution is 7.92. The van der Waals surface area contributed by atoms with Crippen LogP contribution in [-0.2, 0) is 43.9 Å². The predicted octanol–water partition coefficient (Wildman–Crippen LogP) is 2.68. The zero-order chi connectivity index (χ0) is 27.3. The van der Waals surface area contributed by atoms with Crippen LogP contribution in [0.15, 0.2) is 65.4 Å². The zero-order valence-corrected chi connectivity index (χ0v) is 21.5. The van der Waals surface area contributed by atoms with Gasteiger partial charge in [-0.05, 0) is 54.2 Å². The van der Waals surface area contributed by atoms with Gasteiger partial charge in [0, 0.05) is 31.6 Å². The Hall–Kier alpha value is -2.74. The topological polar surface area (TPSA) is 113 Å². The van der Waals surface area contributed by atoms with E-state index in [1.165, 1.54) is 28.6 Å². The third-order valence-corrected chi connectivity index (χ3v) is 8.87. The Bertz CT molecular complexity index is 1310. The van der Waals surface area contributed by atoms with Crippen molar-refractivity contribution in [3.8, 4) is 0 Å². The molecule has 1 aliphatic rings. The number of benzene rings is 2. The molecule has 0 spiro atoms. The van der Waals surface area contributed by atoms with Crippen molar-refractivity contribution in [3.63, 3.8) is 0 Å². The molecule has 1 amide bonds. The first kappa shape index (κ1) is 28.8. The molecule has 0 radical (unpaired) electrons. The number of alkyl halides is 3. The van der Waals surface area contributed by atoms with E-state index in [1.807, 2.05) is 0 Å². The molecule has 2 N–H and O–H groups in total. The molecule has 0 saturated carbocycles. The normalized spacial score (nSPS) is 17.0. The fourth-order valence-corrected chi connectivity index (χ4v) is 5.97. The van der Waals surface area contributed by atoms with Crippen molar-refractivity contribution in [1.82, 2.24) is 14.3 Å². The number of carbonyl (C=O) groups excluding carboxylic acids is 1. The summed E-state index contributed by atoms with van der Waals surface area (Å²) in [5.74, 6) is -0.457. The summed E-state index contributed by atoms with van der Waals surface area (Å²) in [6.07, 6.45) is -3.49. The Balaban J connectivity index is 1.48. The average Bonchev–Trinajstić information content (AvgIpc) is 3.33. The van der Waals surface area contributed by atoms with Crippen LogP contribution in [0.25, 0.3) is 0 Å². The van der Waals surface area contributed by atoms with Crippen LogP contribution >= 0.6 is 0 Å². The summed E-state index contributed by atoms with van der Waals surface area (Å²) in [6.45, 7) is 4.04. The van der Waals surface area contributed by atoms with Crippen LogP contribution in [0.5, 0.6) is 0 Å². The van der Waals surface area contributed by atoms with E-state index >= 15 is 0 Å². The summed E-state index contributed by atoms with van der Waals surface area (Å²) in [4.78, 5) is 12.3. The maximum absolute atomic E-state index is 13.0. The van der Waals surface area contributed by atoms with Gasteiger partial charge in [0.15, 0.2) is 0 Å². The van der Waals surface area contributed by atoms with Crippen molar-refractivity contribution in [2.45, 2.75) is 30.3 Å². The van der Waals surface area contributed by atoms with Crippen LogP contribution in [0, 0.1) is 5.92 Å². The van der Waals surface area contributed by atoms with Crippen LogP contribution in [0.4, 0.5) is 13.2 Å². The van der Waals surface area contributed by atoms with Crippen molar-refractivity contribution < 1.29 is 34.8 Å². The molecule has 2 aromatic carbocycles. The highest BCUT2D eigenvalue weighted by Gasteiger charge is 2.33.